The van der Waals surface area contributed by atoms with Crippen LogP contribution in [0, 0.1) is 0 Å². The summed E-state index contributed by atoms with van der Waals surface area (Å²) >= 11 is 0. The number of hydrogen-bond acceptors (Lipinski definition) is 2. The first kappa shape index (κ1) is 21.0. The molecule has 0 aliphatic carbocycles. The van der Waals surface area contributed by atoms with E-state index in [1.165, 1.54) is 51.4 Å². The maximum absolute atomic E-state index is 10.0. The summed E-state index contributed by atoms with van der Waals surface area (Å²) in [6.45, 7) is 2.25. The topological polar surface area (TPSA) is 52.1 Å². The molecule has 0 fully saturated rings. The normalized spacial score (nSPS) is 8.87. The molecule has 0 saturated heterocycles. The molecular weight excluding hydrogens is 197 g/mol. The van der Waals surface area contributed by atoms with Crippen LogP contribution in [0.4, 0.5) is 0 Å². The van der Waals surface area contributed by atoms with E-state index >= 15 is 0 Å². The molecule has 0 aromatic carbocycles. The number of hydrogen-bond donors (Lipinski definition) is 1. The van der Waals surface area contributed by atoms with E-state index in [0.29, 0.717) is 0 Å². The second-order valence-electron chi connectivity index (χ2n) is 3.78. The van der Waals surface area contributed by atoms with Crippen LogP contribution in [-0.2, 0) is 4.79 Å². The minimum Gasteiger partial charge on any atom is -1.00 e. The molecule has 0 aliphatic rings. The zero-order valence-electron chi connectivity index (χ0n) is 11.8. The Morgan fingerprint density at radius 2 is 1.27 bits per heavy atom. The summed E-state index contributed by atoms with van der Waals surface area (Å²) in [5.74, 6) is 0. The van der Waals surface area contributed by atoms with E-state index in [4.69, 9.17) is 0 Å². The molecule has 0 bridgehead atoms. The molecule has 0 aromatic rings. The molecule has 0 rings (SSSR count). The van der Waals surface area contributed by atoms with Crippen LogP contribution in [0.2, 0.25) is 0 Å². The van der Waals surface area contributed by atoms with E-state index in [2.05, 4.69) is 6.92 Å². The molecule has 0 saturated carbocycles. The van der Waals surface area contributed by atoms with Crippen molar-refractivity contribution in [2.24, 2.45) is 0 Å². The summed E-state index contributed by atoms with van der Waals surface area (Å²) < 4.78 is 0. The van der Waals surface area contributed by atoms with Crippen LogP contribution in [-0.4, -0.2) is 6.29 Å². The molecule has 0 amide bonds. The SMILES string of the molecule is CCCCCCCCCCCC=O.N.[H-].[Na+]. The minimum absolute atomic E-state index is 0. The number of aldehydes is 1. The number of rotatable bonds is 10. The van der Waals surface area contributed by atoms with Crippen molar-refractivity contribution in [1.29, 1.82) is 0 Å². The molecule has 3 N–H and O–H groups in total. The van der Waals surface area contributed by atoms with Gasteiger partial charge in [-0.15, -0.1) is 0 Å². The zero-order valence-corrected chi connectivity index (χ0v) is 12.8. The van der Waals surface area contributed by atoms with Crippen molar-refractivity contribution < 1.29 is 35.8 Å². The smallest absolute Gasteiger partial charge is 1.00 e. The van der Waals surface area contributed by atoms with Gasteiger partial charge in [0.1, 0.15) is 6.29 Å². The molecule has 3 heteroatoms. The maximum atomic E-state index is 10.0. The molecule has 0 aromatic heterocycles. The Morgan fingerprint density at radius 1 is 0.867 bits per heavy atom. The van der Waals surface area contributed by atoms with E-state index in [0.717, 1.165) is 19.1 Å². The van der Waals surface area contributed by atoms with Gasteiger partial charge in [0.05, 0.1) is 0 Å². The van der Waals surface area contributed by atoms with E-state index in [1.807, 2.05) is 0 Å². The predicted molar refractivity (Wildman–Crippen MR) is 64.0 cm³/mol. The fraction of sp³-hybridized carbons (Fsp3) is 0.917. The molecule has 0 radical (unpaired) electrons. The van der Waals surface area contributed by atoms with Crippen LogP contribution in [0.15, 0.2) is 0 Å². The van der Waals surface area contributed by atoms with E-state index in [1.54, 1.807) is 0 Å². The van der Waals surface area contributed by atoms with Gasteiger partial charge in [0, 0.05) is 6.42 Å². The van der Waals surface area contributed by atoms with Crippen LogP contribution in [0.3, 0.4) is 0 Å². The van der Waals surface area contributed by atoms with E-state index in [-0.39, 0.29) is 37.1 Å². The fourth-order valence-corrected chi connectivity index (χ4v) is 1.54. The van der Waals surface area contributed by atoms with Crippen molar-refractivity contribution in [2.45, 2.75) is 71.1 Å². The van der Waals surface area contributed by atoms with Crippen LogP contribution < -0.4 is 35.7 Å². The van der Waals surface area contributed by atoms with Crippen LogP contribution in [0.1, 0.15) is 72.6 Å². The van der Waals surface area contributed by atoms with Crippen LogP contribution in [0.25, 0.3) is 0 Å². The van der Waals surface area contributed by atoms with Gasteiger partial charge in [-0.05, 0) is 6.42 Å². The third-order valence-electron chi connectivity index (χ3n) is 2.43. The standard InChI is InChI=1S/C12H24O.H3N.Na.H/c1-2-3-4-5-6-7-8-9-10-11-12-13;;;/h12H,2-11H2,1H3;1H3;;/q;;+1;-1. The maximum Gasteiger partial charge on any atom is 1.00 e. The first-order chi connectivity index (χ1) is 6.41. The Hall–Kier alpha value is 0.630. The third kappa shape index (κ3) is 20.7. The minimum atomic E-state index is 0. The molecule has 0 heterocycles. The quantitative estimate of drug-likeness (QED) is 0.347. The average molecular weight is 225 g/mol. The second-order valence-corrected chi connectivity index (χ2v) is 3.78. The molecule has 0 atom stereocenters. The third-order valence-corrected chi connectivity index (χ3v) is 2.43. The van der Waals surface area contributed by atoms with Gasteiger partial charge in [-0.1, -0.05) is 58.3 Å². The molecule has 2 nitrogen and oxygen atoms in total. The fourth-order valence-electron chi connectivity index (χ4n) is 1.54. The van der Waals surface area contributed by atoms with Gasteiger partial charge in [0.15, 0.2) is 0 Å². The first-order valence-corrected chi connectivity index (χ1v) is 5.85. The van der Waals surface area contributed by atoms with E-state index in [9.17, 15) is 4.79 Å². The van der Waals surface area contributed by atoms with Gasteiger partial charge in [-0.25, -0.2) is 0 Å². The van der Waals surface area contributed by atoms with Crippen LogP contribution >= 0.6 is 0 Å². The molecule has 15 heavy (non-hydrogen) atoms. The number of unbranched alkanes of at least 4 members (excludes halogenated alkanes) is 9. The van der Waals surface area contributed by atoms with Crippen molar-refractivity contribution in [3.05, 3.63) is 0 Å². The van der Waals surface area contributed by atoms with Gasteiger partial charge < -0.3 is 12.4 Å². The summed E-state index contributed by atoms with van der Waals surface area (Å²) in [5, 5.41) is 0. The first-order valence-electron chi connectivity index (χ1n) is 5.85. The van der Waals surface area contributed by atoms with E-state index < -0.39 is 0 Å². The Bertz CT molecular complexity index is 115. The van der Waals surface area contributed by atoms with Gasteiger partial charge in [-0.2, -0.15) is 0 Å². The summed E-state index contributed by atoms with van der Waals surface area (Å²) in [6.07, 6.45) is 13.7. The molecule has 0 aliphatic heterocycles. The van der Waals surface area contributed by atoms with Gasteiger partial charge in [0.25, 0.3) is 0 Å². The molecule has 0 spiro atoms. The number of carbonyl (C=O) groups is 1. The van der Waals surface area contributed by atoms with Crippen molar-refractivity contribution in [2.75, 3.05) is 0 Å². The van der Waals surface area contributed by atoms with Crippen molar-refractivity contribution >= 4 is 6.29 Å². The Morgan fingerprint density at radius 3 is 1.67 bits per heavy atom. The van der Waals surface area contributed by atoms with Crippen LogP contribution in [0.5, 0.6) is 0 Å². The monoisotopic (exact) mass is 225 g/mol. The van der Waals surface area contributed by atoms with Crippen molar-refractivity contribution in [1.82, 2.24) is 6.15 Å². The second kappa shape index (κ2) is 20.1. The molecule has 88 valence electrons. The Labute approximate surface area is 119 Å². The summed E-state index contributed by atoms with van der Waals surface area (Å²) in [6, 6.07) is 0. The largest absolute Gasteiger partial charge is 1.00 e. The predicted octanol–water partition coefficient (Wildman–Crippen LogP) is 1.38. The Kier molecular flexibility index (Phi) is 28.1. The molecular formula is C12H28NNaO. The van der Waals surface area contributed by atoms with Crippen molar-refractivity contribution in [3.8, 4) is 0 Å². The zero-order chi connectivity index (χ0) is 9.78. The summed E-state index contributed by atoms with van der Waals surface area (Å²) in [5.41, 5.74) is 0. The van der Waals surface area contributed by atoms with Gasteiger partial charge in [-0.3, -0.25) is 0 Å². The Balaban J connectivity index is -0.000000240. The van der Waals surface area contributed by atoms with Crippen molar-refractivity contribution in [3.63, 3.8) is 0 Å². The summed E-state index contributed by atoms with van der Waals surface area (Å²) in [4.78, 5) is 10.0. The summed E-state index contributed by atoms with van der Waals surface area (Å²) in [7, 11) is 0. The molecule has 0 unspecified atom stereocenters. The average Bonchev–Trinajstić information content (AvgIpc) is 2.16. The van der Waals surface area contributed by atoms with Gasteiger partial charge in [0.2, 0.25) is 0 Å². The van der Waals surface area contributed by atoms with Gasteiger partial charge >= 0.3 is 29.6 Å². The number of carbonyl (C=O) groups excluding carboxylic acids is 1.